The summed E-state index contributed by atoms with van der Waals surface area (Å²) in [6.07, 6.45) is 6.32. The molecular weight excluding hydrogens is 320 g/mol. The molecule has 0 saturated carbocycles. The molecule has 1 fully saturated rings. The lowest BCUT2D eigenvalue weighted by molar-refractivity contribution is 0.0379. The van der Waals surface area contributed by atoms with Crippen molar-refractivity contribution in [3.05, 3.63) is 28.8 Å². The number of amides is 1. The maximum Gasteiger partial charge on any atom is 0.274 e. The van der Waals surface area contributed by atoms with E-state index in [0.717, 1.165) is 36.9 Å². The highest BCUT2D eigenvalue weighted by molar-refractivity contribution is 5.94. The summed E-state index contributed by atoms with van der Waals surface area (Å²) in [7, 11) is 0. The quantitative estimate of drug-likeness (QED) is 0.871. The topological polar surface area (TPSA) is 99.9 Å². The van der Waals surface area contributed by atoms with Crippen molar-refractivity contribution in [2.24, 2.45) is 0 Å². The molecule has 1 saturated heterocycles. The monoisotopic (exact) mass is 344 g/mol. The van der Waals surface area contributed by atoms with Crippen LogP contribution in [0.2, 0.25) is 0 Å². The number of aliphatic hydroxyl groups is 1. The first-order valence-electron chi connectivity index (χ1n) is 8.98. The van der Waals surface area contributed by atoms with Crippen LogP contribution in [0.3, 0.4) is 0 Å². The van der Waals surface area contributed by atoms with E-state index in [4.69, 9.17) is 0 Å². The van der Waals surface area contributed by atoms with E-state index in [2.05, 4.69) is 20.5 Å². The molecule has 0 aromatic carbocycles. The number of likely N-dealkylation sites (tertiary alicyclic amines) is 1. The molecule has 0 radical (unpaired) electrons. The molecule has 2 aromatic heterocycles. The van der Waals surface area contributed by atoms with Gasteiger partial charge in [0.15, 0.2) is 5.69 Å². The standard InChI is InChI=1S/C17H24N6O2/c1-11(2)23-9-14(19-21-23)17(25)7-8-22(10-17)16(24)15-12-5-3-4-6-13(12)18-20-15/h9,11,25H,3-8,10H2,1-2H3,(H,18,20)/t17-/m1/s1. The lowest BCUT2D eigenvalue weighted by Crippen LogP contribution is -2.35. The Morgan fingerprint density at radius 2 is 2.16 bits per heavy atom. The largest absolute Gasteiger partial charge is 0.381 e. The van der Waals surface area contributed by atoms with Crippen LogP contribution < -0.4 is 0 Å². The third-order valence-electron chi connectivity index (χ3n) is 5.31. The molecule has 4 rings (SSSR count). The molecule has 134 valence electrons. The number of rotatable bonds is 3. The summed E-state index contributed by atoms with van der Waals surface area (Å²) in [6.45, 7) is 4.73. The number of fused-ring (bicyclic) bond motifs is 1. The maximum absolute atomic E-state index is 12.9. The van der Waals surface area contributed by atoms with Crippen LogP contribution in [0, 0.1) is 0 Å². The first-order chi connectivity index (χ1) is 12.0. The highest BCUT2D eigenvalue weighted by atomic mass is 16.3. The Hall–Kier alpha value is -2.22. The summed E-state index contributed by atoms with van der Waals surface area (Å²) in [4.78, 5) is 14.6. The molecule has 1 amide bonds. The molecule has 3 heterocycles. The highest BCUT2D eigenvalue weighted by Gasteiger charge is 2.43. The Labute approximate surface area is 146 Å². The minimum atomic E-state index is -1.14. The number of carbonyl (C=O) groups is 1. The first-order valence-corrected chi connectivity index (χ1v) is 8.98. The van der Waals surface area contributed by atoms with Crippen LogP contribution in [-0.4, -0.2) is 54.2 Å². The Morgan fingerprint density at radius 1 is 1.36 bits per heavy atom. The summed E-state index contributed by atoms with van der Waals surface area (Å²) in [5.41, 5.74) is 2.05. The molecule has 0 unspecified atom stereocenters. The van der Waals surface area contributed by atoms with Crippen LogP contribution in [0.15, 0.2) is 6.20 Å². The smallest absolute Gasteiger partial charge is 0.274 e. The second-order valence-corrected chi connectivity index (χ2v) is 7.42. The Bertz CT molecular complexity index is 795. The van der Waals surface area contributed by atoms with Gasteiger partial charge in [-0.1, -0.05) is 5.21 Å². The lowest BCUT2D eigenvalue weighted by Gasteiger charge is -2.21. The zero-order valence-electron chi connectivity index (χ0n) is 14.7. The van der Waals surface area contributed by atoms with Crippen LogP contribution >= 0.6 is 0 Å². The summed E-state index contributed by atoms with van der Waals surface area (Å²) < 4.78 is 1.72. The van der Waals surface area contributed by atoms with Gasteiger partial charge in [-0.15, -0.1) is 5.10 Å². The number of carbonyl (C=O) groups excluding carboxylic acids is 1. The molecule has 8 heteroatoms. The molecule has 0 bridgehead atoms. The fourth-order valence-electron chi connectivity index (χ4n) is 3.73. The van der Waals surface area contributed by atoms with Crippen molar-refractivity contribution in [1.29, 1.82) is 0 Å². The Morgan fingerprint density at radius 3 is 2.92 bits per heavy atom. The zero-order valence-corrected chi connectivity index (χ0v) is 14.7. The zero-order chi connectivity index (χ0) is 17.6. The molecular formula is C17H24N6O2. The average molecular weight is 344 g/mol. The molecule has 8 nitrogen and oxygen atoms in total. The molecule has 1 aliphatic heterocycles. The van der Waals surface area contributed by atoms with Crippen LogP contribution in [0.4, 0.5) is 0 Å². The van der Waals surface area contributed by atoms with Crippen molar-refractivity contribution in [3.63, 3.8) is 0 Å². The summed E-state index contributed by atoms with van der Waals surface area (Å²) in [6, 6.07) is 0.180. The summed E-state index contributed by atoms with van der Waals surface area (Å²) >= 11 is 0. The Balaban J connectivity index is 1.53. The van der Waals surface area contributed by atoms with Gasteiger partial charge in [0.2, 0.25) is 0 Å². The van der Waals surface area contributed by atoms with Gasteiger partial charge in [0.25, 0.3) is 5.91 Å². The van der Waals surface area contributed by atoms with E-state index >= 15 is 0 Å². The second-order valence-electron chi connectivity index (χ2n) is 7.42. The van der Waals surface area contributed by atoms with Crippen molar-refractivity contribution < 1.29 is 9.90 Å². The molecule has 2 aliphatic rings. The van der Waals surface area contributed by atoms with Crippen LogP contribution in [-0.2, 0) is 18.4 Å². The minimum absolute atomic E-state index is 0.105. The number of aromatic nitrogens is 5. The van der Waals surface area contributed by atoms with E-state index < -0.39 is 5.60 Å². The number of H-pyrrole nitrogens is 1. The number of aryl methyl sites for hydroxylation is 1. The maximum atomic E-state index is 12.9. The average Bonchev–Trinajstić information content (AvgIpc) is 3.32. The molecule has 2 aromatic rings. The van der Waals surface area contributed by atoms with Crippen molar-refractivity contribution in [2.45, 2.75) is 57.6 Å². The van der Waals surface area contributed by atoms with E-state index in [0.29, 0.717) is 24.4 Å². The number of aromatic amines is 1. The number of nitrogens with one attached hydrogen (secondary N) is 1. The summed E-state index contributed by atoms with van der Waals surface area (Å²) in [5, 5.41) is 26.4. The molecule has 1 atom stereocenters. The molecule has 2 N–H and O–H groups in total. The normalized spacial score (nSPS) is 23.3. The van der Waals surface area contributed by atoms with Gasteiger partial charge in [0.1, 0.15) is 11.3 Å². The van der Waals surface area contributed by atoms with Gasteiger partial charge in [-0.25, -0.2) is 4.68 Å². The third-order valence-corrected chi connectivity index (χ3v) is 5.31. The molecule has 25 heavy (non-hydrogen) atoms. The van der Waals surface area contributed by atoms with Crippen molar-refractivity contribution in [2.75, 3.05) is 13.1 Å². The van der Waals surface area contributed by atoms with Gasteiger partial charge in [0, 0.05) is 30.3 Å². The number of β-amino-alcohol motifs (C(OH)–C–C–N with tert-alkyl or cyclic N) is 1. The molecule has 0 spiro atoms. The van der Waals surface area contributed by atoms with E-state index in [1.807, 2.05) is 13.8 Å². The number of hydrogen-bond acceptors (Lipinski definition) is 5. The highest BCUT2D eigenvalue weighted by Crippen LogP contribution is 2.32. The first kappa shape index (κ1) is 16.3. The third kappa shape index (κ3) is 2.74. The van der Waals surface area contributed by atoms with Gasteiger partial charge in [0.05, 0.1) is 12.7 Å². The van der Waals surface area contributed by atoms with E-state index in [1.165, 1.54) is 0 Å². The van der Waals surface area contributed by atoms with Gasteiger partial charge < -0.3 is 10.0 Å². The van der Waals surface area contributed by atoms with E-state index in [1.54, 1.807) is 15.8 Å². The Kier molecular flexibility index (Phi) is 3.87. The predicted molar refractivity (Wildman–Crippen MR) is 90.1 cm³/mol. The van der Waals surface area contributed by atoms with Crippen LogP contribution in [0.1, 0.15) is 66.6 Å². The van der Waals surface area contributed by atoms with E-state index in [-0.39, 0.29) is 18.5 Å². The van der Waals surface area contributed by atoms with Crippen molar-refractivity contribution in [3.8, 4) is 0 Å². The van der Waals surface area contributed by atoms with Crippen molar-refractivity contribution in [1.82, 2.24) is 30.1 Å². The molecule has 1 aliphatic carbocycles. The second kappa shape index (κ2) is 5.94. The van der Waals surface area contributed by atoms with Gasteiger partial charge in [-0.05, 0) is 39.5 Å². The van der Waals surface area contributed by atoms with E-state index in [9.17, 15) is 9.90 Å². The summed E-state index contributed by atoms with van der Waals surface area (Å²) in [5.74, 6) is -0.105. The SMILES string of the molecule is CC(C)n1cc([C@@]2(O)CCN(C(=O)c3n[nH]c4c3CCCC4)C2)nn1. The number of nitrogens with zero attached hydrogens (tertiary/aromatic N) is 5. The van der Waals surface area contributed by atoms with Crippen molar-refractivity contribution >= 4 is 5.91 Å². The predicted octanol–water partition coefficient (Wildman–Crippen LogP) is 1.19. The number of hydrogen-bond donors (Lipinski definition) is 2. The van der Waals surface area contributed by atoms with Crippen LogP contribution in [0.25, 0.3) is 0 Å². The van der Waals surface area contributed by atoms with Crippen LogP contribution in [0.5, 0.6) is 0 Å². The minimum Gasteiger partial charge on any atom is -0.381 e. The van der Waals surface area contributed by atoms with Gasteiger partial charge in [-0.2, -0.15) is 5.10 Å². The fourth-order valence-corrected chi connectivity index (χ4v) is 3.73. The fraction of sp³-hybridized carbons (Fsp3) is 0.647. The lowest BCUT2D eigenvalue weighted by atomic mass is 9.95. The van der Waals surface area contributed by atoms with Gasteiger partial charge in [-0.3, -0.25) is 9.89 Å². The van der Waals surface area contributed by atoms with Gasteiger partial charge >= 0.3 is 0 Å².